The summed E-state index contributed by atoms with van der Waals surface area (Å²) in [6.45, 7) is 3.84. The third kappa shape index (κ3) is 5.29. The van der Waals surface area contributed by atoms with Gasteiger partial charge in [0.15, 0.2) is 21.5 Å². The number of ether oxygens (including phenoxy) is 1. The van der Waals surface area contributed by atoms with Crippen LogP contribution in [0, 0.1) is 13.8 Å². The van der Waals surface area contributed by atoms with E-state index >= 15 is 0 Å². The second-order valence-corrected chi connectivity index (χ2v) is 10.7. The maximum Gasteiger partial charge on any atom is 0.170 e. The molecule has 7 nitrogen and oxygen atoms in total. The number of aryl methyl sites for hydroxylation is 3. The predicted molar refractivity (Wildman–Crippen MR) is 133 cm³/mol. The highest BCUT2D eigenvalue weighted by atomic mass is 35.5. The first-order valence-corrected chi connectivity index (χ1v) is 12.9. The van der Waals surface area contributed by atoms with E-state index in [1.165, 1.54) is 0 Å². The van der Waals surface area contributed by atoms with Gasteiger partial charge in [-0.3, -0.25) is 9.55 Å². The summed E-state index contributed by atoms with van der Waals surface area (Å²) in [5.41, 5.74) is 4.11. The molecule has 0 aliphatic heterocycles. The molecule has 0 radical (unpaired) electrons. The van der Waals surface area contributed by atoms with Crippen molar-refractivity contribution in [3.8, 4) is 22.8 Å². The molecule has 0 unspecified atom stereocenters. The number of sulfone groups is 1. The Kier molecular flexibility index (Phi) is 7.00. The Morgan fingerprint density at radius 2 is 1.76 bits per heavy atom. The second-order valence-electron chi connectivity index (χ2n) is 8.06. The van der Waals surface area contributed by atoms with Crippen molar-refractivity contribution in [1.29, 1.82) is 0 Å². The van der Waals surface area contributed by atoms with Crippen LogP contribution in [0.5, 0.6) is 5.75 Å². The van der Waals surface area contributed by atoms with E-state index in [1.54, 1.807) is 30.0 Å². The SMILES string of the molecule is COc1cccc(C)c1-n1c(CS(=O)(=O)CCc2ccc(Cl)cc2)nnc1-c1ccc(C)nc1. The van der Waals surface area contributed by atoms with E-state index < -0.39 is 9.84 Å². The first-order valence-electron chi connectivity index (χ1n) is 10.7. The van der Waals surface area contributed by atoms with E-state index in [1.807, 2.05) is 56.3 Å². The van der Waals surface area contributed by atoms with Gasteiger partial charge in [-0.25, -0.2) is 8.42 Å². The van der Waals surface area contributed by atoms with E-state index in [0.717, 1.165) is 22.4 Å². The van der Waals surface area contributed by atoms with Crippen LogP contribution < -0.4 is 4.74 Å². The summed E-state index contributed by atoms with van der Waals surface area (Å²) in [6.07, 6.45) is 2.09. The summed E-state index contributed by atoms with van der Waals surface area (Å²) >= 11 is 5.93. The highest BCUT2D eigenvalue weighted by Gasteiger charge is 2.24. The number of nitrogens with zero attached hydrogens (tertiary/aromatic N) is 4. The number of rotatable bonds is 8. The second kappa shape index (κ2) is 9.95. The lowest BCUT2D eigenvalue weighted by molar-refractivity contribution is 0.412. The average Bonchev–Trinajstić information content (AvgIpc) is 3.21. The zero-order valence-electron chi connectivity index (χ0n) is 19.2. The number of benzene rings is 2. The smallest absolute Gasteiger partial charge is 0.170 e. The molecular formula is C25H25ClN4O3S. The molecule has 176 valence electrons. The summed E-state index contributed by atoms with van der Waals surface area (Å²) < 4.78 is 33.6. The average molecular weight is 497 g/mol. The number of methoxy groups -OCH3 is 1. The van der Waals surface area contributed by atoms with Gasteiger partial charge in [0.2, 0.25) is 0 Å². The Bertz CT molecular complexity index is 1400. The molecule has 4 rings (SSSR count). The van der Waals surface area contributed by atoms with Crippen LogP contribution in [0.4, 0.5) is 0 Å². The van der Waals surface area contributed by atoms with Gasteiger partial charge in [0, 0.05) is 22.5 Å². The van der Waals surface area contributed by atoms with Crippen LogP contribution in [0.2, 0.25) is 5.02 Å². The quantitative estimate of drug-likeness (QED) is 0.349. The molecule has 0 aliphatic carbocycles. The highest BCUT2D eigenvalue weighted by Crippen LogP contribution is 2.32. The van der Waals surface area contributed by atoms with Crippen molar-refractivity contribution in [2.45, 2.75) is 26.0 Å². The molecule has 0 spiro atoms. The Morgan fingerprint density at radius 1 is 1.00 bits per heavy atom. The summed E-state index contributed by atoms with van der Waals surface area (Å²) in [4.78, 5) is 4.37. The zero-order chi connectivity index (χ0) is 24.3. The lowest BCUT2D eigenvalue weighted by atomic mass is 10.1. The maximum absolute atomic E-state index is 13.1. The first kappa shape index (κ1) is 23.9. The summed E-state index contributed by atoms with van der Waals surface area (Å²) in [5, 5.41) is 9.27. The van der Waals surface area contributed by atoms with E-state index in [0.29, 0.717) is 34.5 Å². The minimum absolute atomic E-state index is 0.0200. The van der Waals surface area contributed by atoms with Crippen LogP contribution in [0.15, 0.2) is 60.8 Å². The molecule has 0 saturated carbocycles. The Balaban J connectivity index is 1.74. The van der Waals surface area contributed by atoms with Gasteiger partial charge < -0.3 is 4.74 Å². The molecule has 2 aromatic heterocycles. The molecular weight excluding hydrogens is 472 g/mol. The van der Waals surface area contributed by atoms with Crippen molar-refractivity contribution in [2.24, 2.45) is 0 Å². The van der Waals surface area contributed by atoms with Crippen molar-refractivity contribution in [1.82, 2.24) is 19.7 Å². The van der Waals surface area contributed by atoms with Crippen molar-refractivity contribution < 1.29 is 13.2 Å². The summed E-state index contributed by atoms with van der Waals surface area (Å²) in [7, 11) is -1.91. The molecule has 0 bridgehead atoms. The van der Waals surface area contributed by atoms with Crippen LogP contribution in [-0.4, -0.2) is 41.0 Å². The number of pyridine rings is 1. The molecule has 0 fully saturated rings. The lowest BCUT2D eigenvalue weighted by Gasteiger charge is -2.17. The Labute approximate surface area is 204 Å². The standard InChI is InChI=1S/C25H25ClN4O3S/c1-17-5-4-6-22(33-3)24(17)30-23(28-29-25(30)20-10-7-18(2)27-15-20)16-34(31,32)14-13-19-8-11-21(26)12-9-19/h4-12,15H,13-14,16H2,1-3H3. The molecule has 0 atom stereocenters. The number of hydrogen-bond donors (Lipinski definition) is 0. The van der Waals surface area contributed by atoms with Gasteiger partial charge in [0.1, 0.15) is 11.5 Å². The predicted octanol–water partition coefficient (Wildman–Crippen LogP) is 4.77. The van der Waals surface area contributed by atoms with Crippen LogP contribution in [0.25, 0.3) is 17.1 Å². The molecule has 34 heavy (non-hydrogen) atoms. The van der Waals surface area contributed by atoms with E-state index in [9.17, 15) is 8.42 Å². The molecule has 0 amide bonds. The first-order chi connectivity index (χ1) is 16.3. The lowest BCUT2D eigenvalue weighted by Crippen LogP contribution is -2.16. The Morgan fingerprint density at radius 3 is 2.44 bits per heavy atom. The van der Waals surface area contributed by atoms with E-state index in [2.05, 4.69) is 15.2 Å². The normalized spacial score (nSPS) is 11.5. The van der Waals surface area contributed by atoms with Gasteiger partial charge in [0.05, 0.1) is 18.6 Å². The van der Waals surface area contributed by atoms with Crippen molar-refractivity contribution in [3.63, 3.8) is 0 Å². The summed E-state index contributed by atoms with van der Waals surface area (Å²) in [6, 6.07) is 16.6. The minimum atomic E-state index is -3.49. The number of aromatic nitrogens is 4. The maximum atomic E-state index is 13.1. The monoisotopic (exact) mass is 496 g/mol. The highest BCUT2D eigenvalue weighted by molar-refractivity contribution is 7.90. The topological polar surface area (TPSA) is 87.0 Å². The van der Waals surface area contributed by atoms with Gasteiger partial charge in [-0.05, 0) is 61.7 Å². The number of para-hydroxylation sites is 1. The third-order valence-electron chi connectivity index (χ3n) is 5.51. The van der Waals surface area contributed by atoms with Crippen molar-refractivity contribution in [3.05, 3.63) is 88.5 Å². The third-order valence-corrected chi connectivity index (χ3v) is 7.28. The number of halogens is 1. The largest absolute Gasteiger partial charge is 0.495 e. The van der Waals surface area contributed by atoms with Crippen LogP contribution in [0.1, 0.15) is 22.6 Å². The molecule has 9 heteroatoms. The van der Waals surface area contributed by atoms with Crippen molar-refractivity contribution in [2.75, 3.05) is 12.9 Å². The van der Waals surface area contributed by atoms with E-state index in [4.69, 9.17) is 16.3 Å². The van der Waals surface area contributed by atoms with Crippen LogP contribution in [-0.2, 0) is 22.0 Å². The fourth-order valence-corrected chi connectivity index (χ4v) is 5.11. The zero-order valence-corrected chi connectivity index (χ0v) is 20.8. The molecule has 0 saturated heterocycles. The van der Waals surface area contributed by atoms with Gasteiger partial charge >= 0.3 is 0 Å². The molecule has 4 aromatic rings. The Hall–Kier alpha value is -3.23. The fourth-order valence-electron chi connectivity index (χ4n) is 3.71. The van der Waals surface area contributed by atoms with Gasteiger partial charge in [-0.15, -0.1) is 10.2 Å². The molecule has 0 N–H and O–H groups in total. The number of hydrogen-bond acceptors (Lipinski definition) is 6. The van der Waals surface area contributed by atoms with Crippen molar-refractivity contribution >= 4 is 21.4 Å². The minimum Gasteiger partial charge on any atom is -0.495 e. The van der Waals surface area contributed by atoms with Crippen LogP contribution >= 0.6 is 11.6 Å². The van der Waals surface area contributed by atoms with Crippen LogP contribution in [0.3, 0.4) is 0 Å². The fraction of sp³-hybridized carbons (Fsp3) is 0.240. The van der Waals surface area contributed by atoms with E-state index in [-0.39, 0.29) is 11.5 Å². The molecule has 0 aliphatic rings. The molecule has 2 heterocycles. The van der Waals surface area contributed by atoms with Gasteiger partial charge in [0.25, 0.3) is 0 Å². The molecule has 2 aromatic carbocycles. The van der Waals surface area contributed by atoms with Gasteiger partial charge in [-0.1, -0.05) is 35.9 Å². The van der Waals surface area contributed by atoms with Gasteiger partial charge in [-0.2, -0.15) is 0 Å². The summed E-state index contributed by atoms with van der Waals surface area (Å²) in [5.74, 6) is 1.14.